The molecule has 0 aliphatic carbocycles. The molecule has 2 unspecified atom stereocenters. The summed E-state index contributed by atoms with van der Waals surface area (Å²) >= 11 is 0. The molecule has 1 aromatic carbocycles. The molecular formula is C21H23N7O4. The zero-order chi connectivity index (χ0) is 22.4. The van der Waals surface area contributed by atoms with Gasteiger partial charge in [-0.3, -0.25) is 34.3 Å². The number of carbonyl (C=O) groups excluding carboxylic acids is 4. The Kier molecular flexibility index (Phi) is 5.06. The first-order valence-electron chi connectivity index (χ1n) is 10.6. The highest BCUT2D eigenvalue weighted by atomic mass is 16.2. The number of likely N-dealkylation sites (tertiary alicyclic amines) is 1. The molecule has 166 valence electrons. The van der Waals surface area contributed by atoms with E-state index in [0.29, 0.717) is 24.2 Å². The first-order chi connectivity index (χ1) is 15.5. The van der Waals surface area contributed by atoms with Crippen molar-refractivity contribution in [1.82, 2.24) is 30.1 Å². The van der Waals surface area contributed by atoms with Gasteiger partial charge in [0.25, 0.3) is 11.8 Å². The molecule has 32 heavy (non-hydrogen) atoms. The monoisotopic (exact) mass is 437 g/mol. The number of rotatable bonds is 5. The van der Waals surface area contributed by atoms with Gasteiger partial charge in [-0.2, -0.15) is 0 Å². The highest BCUT2D eigenvalue weighted by molar-refractivity contribution is 6.24. The van der Waals surface area contributed by atoms with Crippen molar-refractivity contribution in [2.75, 3.05) is 13.1 Å². The summed E-state index contributed by atoms with van der Waals surface area (Å²) in [6.07, 6.45) is 2.98. The standard InChI is InChI=1S/C21H23N7O4/c22-8-13-10-27(25-24-13)14-6-7-26(11-14)9-12-2-1-3-15-18(12)21(32)28(20(15)31)16-4-5-17(29)23-19(16)30/h1-3,10,14,16H,4-9,11,22H2,(H,23,29,30). The number of amides is 4. The van der Waals surface area contributed by atoms with Crippen LogP contribution in [0, 0.1) is 0 Å². The molecule has 3 aliphatic rings. The zero-order valence-electron chi connectivity index (χ0n) is 17.4. The maximum absolute atomic E-state index is 13.2. The molecule has 0 radical (unpaired) electrons. The number of fused-ring (bicyclic) bond motifs is 1. The maximum Gasteiger partial charge on any atom is 0.262 e. The summed E-state index contributed by atoms with van der Waals surface area (Å²) in [4.78, 5) is 53.2. The number of nitrogens with two attached hydrogens (primary N) is 1. The van der Waals surface area contributed by atoms with Crippen LogP contribution in [0.1, 0.15) is 57.3 Å². The van der Waals surface area contributed by atoms with E-state index in [0.717, 1.165) is 35.7 Å². The lowest BCUT2D eigenvalue weighted by Crippen LogP contribution is -2.54. The van der Waals surface area contributed by atoms with Crippen molar-refractivity contribution in [3.63, 3.8) is 0 Å². The number of nitrogens with zero attached hydrogens (tertiary/aromatic N) is 5. The number of carbonyl (C=O) groups is 4. The summed E-state index contributed by atoms with van der Waals surface area (Å²) in [6.45, 7) is 2.38. The van der Waals surface area contributed by atoms with Crippen LogP contribution in [0.4, 0.5) is 0 Å². The van der Waals surface area contributed by atoms with Gasteiger partial charge >= 0.3 is 0 Å². The van der Waals surface area contributed by atoms with Crippen LogP contribution >= 0.6 is 0 Å². The Bertz CT molecular complexity index is 1130. The minimum Gasteiger partial charge on any atom is -0.325 e. The number of aromatic nitrogens is 3. The van der Waals surface area contributed by atoms with Gasteiger partial charge in [-0.05, 0) is 24.5 Å². The lowest BCUT2D eigenvalue weighted by Gasteiger charge is -2.28. The van der Waals surface area contributed by atoms with E-state index in [9.17, 15) is 19.2 Å². The van der Waals surface area contributed by atoms with Gasteiger partial charge in [-0.15, -0.1) is 5.10 Å². The summed E-state index contributed by atoms with van der Waals surface area (Å²) in [5, 5.41) is 10.4. The molecule has 1 aromatic heterocycles. The van der Waals surface area contributed by atoms with E-state index in [1.54, 1.807) is 12.1 Å². The summed E-state index contributed by atoms with van der Waals surface area (Å²) in [5.41, 5.74) is 7.75. The van der Waals surface area contributed by atoms with Gasteiger partial charge < -0.3 is 5.73 Å². The quantitative estimate of drug-likeness (QED) is 0.601. The average Bonchev–Trinajstić information content (AvgIpc) is 3.49. The van der Waals surface area contributed by atoms with E-state index in [-0.39, 0.29) is 18.9 Å². The molecule has 5 rings (SSSR count). The van der Waals surface area contributed by atoms with Crippen molar-refractivity contribution in [3.8, 4) is 0 Å². The molecule has 3 N–H and O–H groups in total. The van der Waals surface area contributed by atoms with E-state index in [2.05, 4.69) is 20.5 Å². The summed E-state index contributed by atoms with van der Waals surface area (Å²) in [5.74, 6) is -1.96. The largest absolute Gasteiger partial charge is 0.325 e. The van der Waals surface area contributed by atoms with Crippen LogP contribution in [0.3, 0.4) is 0 Å². The van der Waals surface area contributed by atoms with Gasteiger partial charge in [0, 0.05) is 32.6 Å². The van der Waals surface area contributed by atoms with Crippen molar-refractivity contribution in [2.24, 2.45) is 5.73 Å². The van der Waals surface area contributed by atoms with E-state index in [1.165, 1.54) is 0 Å². The summed E-state index contributed by atoms with van der Waals surface area (Å²) in [6, 6.07) is 4.41. The molecule has 0 saturated carbocycles. The highest BCUT2D eigenvalue weighted by Crippen LogP contribution is 2.31. The molecule has 4 amide bonds. The molecular weight excluding hydrogens is 414 g/mol. The average molecular weight is 437 g/mol. The third-order valence-electron chi connectivity index (χ3n) is 6.34. The van der Waals surface area contributed by atoms with E-state index in [1.807, 2.05) is 16.9 Å². The van der Waals surface area contributed by atoms with Crippen molar-refractivity contribution in [1.29, 1.82) is 0 Å². The molecule has 2 fully saturated rings. The third kappa shape index (κ3) is 3.39. The van der Waals surface area contributed by atoms with E-state index < -0.39 is 29.7 Å². The lowest BCUT2D eigenvalue weighted by atomic mass is 10.0. The van der Waals surface area contributed by atoms with Crippen molar-refractivity contribution in [2.45, 2.75) is 44.4 Å². The van der Waals surface area contributed by atoms with Gasteiger partial charge in [0.15, 0.2) is 0 Å². The van der Waals surface area contributed by atoms with Crippen LogP contribution in [-0.4, -0.2) is 67.6 Å². The fourth-order valence-electron chi connectivity index (χ4n) is 4.71. The molecule has 3 aliphatic heterocycles. The van der Waals surface area contributed by atoms with Crippen LogP contribution in [0.25, 0.3) is 0 Å². The summed E-state index contributed by atoms with van der Waals surface area (Å²) < 4.78 is 1.83. The maximum atomic E-state index is 13.2. The SMILES string of the molecule is NCc1cn(C2CCN(Cc3cccc4c3C(=O)N(C3CCC(=O)NC3=O)C4=O)C2)nn1. The first-order valence-corrected chi connectivity index (χ1v) is 10.6. The number of nitrogens with one attached hydrogen (secondary N) is 1. The van der Waals surface area contributed by atoms with Gasteiger partial charge in [0.1, 0.15) is 6.04 Å². The molecule has 4 heterocycles. The highest BCUT2D eigenvalue weighted by Gasteiger charge is 2.45. The smallest absolute Gasteiger partial charge is 0.262 e. The second-order valence-electron chi connectivity index (χ2n) is 8.36. The predicted molar refractivity (Wildman–Crippen MR) is 110 cm³/mol. The Morgan fingerprint density at radius 3 is 2.72 bits per heavy atom. The Morgan fingerprint density at radius 2 is 1.97 bits per heavy atom. The topological polar surface area (TPSA) is 144 Å². The van der Waals surface area contributed by atoms with Gasteiger partial charge in [-0.25, -0.2) is 4.68 Å². The second-order valence-corrected chi connectivity index (χ2v) is 8.36. The fourth-order valence-corrected chi connectivity index (χ4v) is 4.71. The Balaban J connectivity index is 1.34. The minimum absolute atomic E-state index is 0.0972. The normalized spacial score (nSPS) is 23.7. The third-order valence-corrected chi connectivity index (χ3v) is 6.34. The first kappa shape index (κ1) is 20.5. The molecule has 2 saturated heterocycles. The zero-order valence-corrected chi connectivity index (χ0v) is 17.4. The molecule has 11 nitrogen and oxygen atoms in total. The Hall–Kier alpha value is -3.44. The van der Waals surface area contributed by atoms with Crippen LogP contribution < -0.4 is 11.1 Å². The van der Waals surface area contributed by atoms with Crippen molar-refractivity contribution < 1.29 is 19.2 Å². The number of imide groups is 2. The van der Waals surface area contributed by atoms with E-state index >= 15 is 0 Å². The Labute approximate surface area is 183 Å². The van der Waals surface area contributed by atoms with E-state index in [4.69, 9.17) is 5.73 Å². The molecule has 11 heteroatoms. The Morgan fingerprint density at radius 1 is 1.12 bits per heavy atom. The molecule has 0 spiro atoms. The number of hydrogen-bond acceptors (Lipinski definition) is 8. The lowest BCUT2D eigenvalue weighted by molar-refractivity contribution is -0.136. The van der Waals surface area contributed by atoms with Crippen LogP contribution in [-0.2, 0) is 22.7 Å². The number of piperidine rings is 1. The fraction of sp³-hybridized carbons (Fsp3) is 0.429. The van der Waals surface area contributed by atoms with Crippen LogP contribution in [0.15, 0.2) is 24.4 Å². The van der Waals surface area contributed by atoms with Gasteiger partial charge in [0.2, 0.25) is 11.8 Å². The van der Waals surface area contributed by atoms with Crippen LogP contribution in [0.2, 0.25) is 0 Å². The number of hydrogen-bond donors (Lipinski definition) is 2. The summed E-state index contributed by atoms with van der Waals surface area (Å²) in [7, 11) is 0. The van der Waals surface area contributed by atoms with Crippen LogP contribution in [0.5, 0.6) is 0 Å². The van der Waals surface area contributed by atoms with Crippen molar-refractivity contribution >= 4 is 23.6 Å². The van der Waals surface area contributed by atoms with Crippen molar-refractivity contribution in [3.05, 3.63) is 46.8 Å². The predicted octanol–water partition coefficient (Wildman–Crippen LogP) is -0.415. The molecule has 0 bridgehead atoms. The second kappa shape index (κ2) is 7.92. The number of benzene rings is 1. The van der Waals surface area contributed by atoms with Gasteiger partial charge in [-0.1, -0.05) is 17.3 Å². The van der Waals surface area contributed by atoms with Gasteiger partial charge in [0.05, 0.1) is 29.1 Å². The molecule has 2 atom stereocenters. The molecule has 2 aromatic rings. The minimum atomic E-state index is -0.965.